The second-order valence-corrected chi connectivity index (χ2v) is 3.58. The summed E-state index contributed by atoms with van der Waals surface area (Å²) < 4.78 is 5.61. The highest BCUT2D eigenvalue weighted by molar-refractivity contribution is 5.87. The summed E-state index contributed by atoms with van der Waals surface area (Å²) in [5, 5.41) is 0.933. The van der Waals surface area contributed by atoms with Crippen LogP contribution in [0.15, 0.2) is 24.5 Å². The maximum absolute atomic E-state index is 5.76. The fraction of sp³-hybridized carbons (Fsp3) is 0.273. The van der Waals surface area contributed by atoms with Crippen LogP contribution < -0.4 is 10.5 Å². The van der Waals surface area contributed by atoms with Crippen LogP contribution in [0.25, 0.3) is 10.9 Å². The summed E-state index contributed by atoms with van der Waals surface area (Å²) >= 11 is 0. The van der Waals surface area contributed by atoms with E-state index in [4.69, 9.17) is 10.5 Å². The zero-order chi connectivity index (χ0) is 10.8. The van der Waals surface area contributed by atoms with Crippen LogP contribution in [-0.2, 0) is 0 Å². The van der Waals surface area contributed by atoms with Gasteiger partial charge in [-0.25, -0.2) is 4.98 Å². The van der Waals surface area contributed by atoms with Gasteiger partial charge in [0.2, 0.25) is 0 Å². The van der Waals surface area contributed by atoms with Gasteiger partial charge < -0.3 is 10.5 Å². The topological polar surface area (TPSA) is 61.0 Å². The maximum Gasteiger partial charge on any atom is 0.187 e. The first kappa shape index (κ1) is 9.71. The molecular formula is C11H13N3O. The van der Waals surface area contributed by atoms with Crippen molar-refractivity contribution < 1.29 is 4.74 Å². The van der Waals surface area contributed by atoms with E-state index in [2.05, 4.69) is 9.97 Å². The molecule has 78 valence electrons. The zero-order valence-corrected chi connectivity index (χ0v) is 8.77. The van der Waals surface area contributed by atoms with Gasteiger partial charge in [0.05, 0.1) is 6.10 Å². The molecule has 0 bridgehead atoms. The van der Waals surface area contributed by atoms with Crippen LogP contribution in [-0.4, -0.2) is 16.1 Å². The molecule has 0 aliphatic rings. The number of nitrogen functional groups attached to an aromatic ring is 1. The minimum absolute atomic E-state index is 0.0571. The molecule has 0 aliphatic carbocycles. The van der Waals surface area contributed by atoms with E-state index < -0.39 is 0 Å². The lowest BCUT2D eigenvalue weighted by Gasteiger charge is -2.12. The van der Waals surface area contributed by atoms with E-state index in [9.17, 15) is 0 Å². The van der Waals surface area contributed by atoms with E-state index in [-0.39, 0.29) is 6.10 Å². The minimum atomic E-state index is 0.0571. The molecule has 0 aliphatic heterocycles. The molecule has 0 saturated heterocycles. The molecule has 15 heavy (non-hydrogen) atoms. The summed E-state index contributed by atoms with van der Waals surface area (Å²) in [6.45, 7) is 3.89. The monoisotopic (exact) mass is 203 g/mol. The van der Waals surface area contributed by atoms with Crippen LogP contribution in [0.5, 0.6) is 5.75 Å². The number of hydrogen-bond acceptors (Lipinski definition) is 4. The lowest BCUT2D eigenvalue weighted by Crippen LogP contribution is -2.09. The molecule has 2 rings (SSSR count). The number of anilines is 1. The number of nitrogens with zero attached hydrogens (tertiary/aromatic N) is 2. The van der Waals surface area contributed by atoms with Gasteiger partial charge in [0.25, 0.3) is 0 Å². The van der Waals surface area contributed by atoms with Gasteiger partial charge in [0, 0.05) is 17.8 Å². The van der Waals surface area contributed by atoms with Crippen molar-refractivity contribution in [2.24, 2.45) is 0 Å². The number of nitrogens with two attached hydrogens (primary N) is 1. The molecule has 2 N–H and O–H groups in total. The average Bonchev–Trinajstić information content (AvgIpc) is 2.22. The molecule has 0 radical (unpaired) electrons. The molecule has 4 nitrogen and oxygen atoms in total. The number of aromatic nitrogens is 2. The van der Waals surface area contributed by atoms with E-state index in [0.717, 1.165) is 10.9 Å². The molecule has 0 saturated carbocycles. The third-order valence-electron chi connectivity index (χ3n) is 1.98. The third-order valence-corrected chi connectivity index (χ3v) is 1.98. The van der Waals surface area contributed by atoms with Crippen LogP contribution in [0.4, 0.5) is 5.82 Å². The molecule has 0 aromatic carbocycles. The zero-order valence-electron chi connectivity index (χ0n) is 8.77. The fourth-order valence-corrected chi connectivity index (χ4v) is 1.38. The normalized spacial score (nSPS) is 10.9. The van der Waals surface area contributed by atoms with Crippen molar-refractivity contribution >= 4 is 16.7 Å². The summed E-state index contributed by atoms with van der Waals surface area (Å²) in [4.78, 5) is 8.32. The van der Waals surface area contributed by atoms with E-state index in [0.29, 0.717) is 11.6 Å². The van der Waals surface area contributed by atoms with E-state index in [1.165, 1.54) is 0 Å². The average molecular weight is 203 g/mol. The van der Waals surface area contributed by atoms with Crippen LogP contribution >= 0.6 is 0 Å². The molecule has 0 fully saturated rings. The summed E-state index contributed by atoms with van der Waals surface area (Å²) in [5.41, 5.74) is 6.52. The molecule has 2 heterocycles. The number of pyridine rings is 2. The maximum atomic E-state index is 5.76. The van der Waals surface area contributed by atoms with Gasteiger partial charge in [-0.2, -0.15) is 0 Å². The number of rotatable bonds is 2. The molecule has 0 atom stereocenters. The Labute approximate surface area is 88.1 Å². The molecule has 0 amide bonds. The first-order chi connectivity index (χ1) is 7.18. The van der Waals surface area contributed by atoms with Gasteiger partial charge in [0.1, 0.15) is 5.52 Å². The summed E-state index contributed by atoms with van der Waals surface area (Å²) in [5.74, 6) is 0.956. The Kier molecular flexibility index (Phi) is 2.41. The summed E-state index contributed by atoms with van der Waals surface area (Å²) in [6, 6.07) is 3.79. The quantitative estimate of drug-likeness (QED) is 0.810. The summed E-state index contributed by atoms with van der Waals surface area (Å²) in [7, 11) is 0. The van der Waals surface area contributed by atoms with Gasteiger partial charge in [-0.05, 0) is 26.0 Å². The second kappa shape index (κ2) is 3.73. The summed E-state index contributed by atoms with van der Waals surface area (Å²) in [6.07, 6.45) is 3.47. The molecule has 4 heteroatoms. The molecule has 0 unspecified atom stereocenters. The first-order valence-corrected chi connectivity index (χ1v) is 4.84. The van der Waals surface area contributed by atoms with Crippen molar-refractivity contribution in [2.45, 2.75) is 20.0 Å². The van der Waals surface area contributed by atoms with Crippen molar-refractivity contribution in [3.05, 3.63) is 24.5 Å². The smallest absolute Gasteiger partial charge is 0.187 e. The molecular weight excluding hydrogens is 190 g/mol. The Hall–Kier alpha value is -1.84. The Bertz CT molecular complexity index is 482. The number of hydrogen-bond donors (Lipinski definition) is 1. The van der Waals surface area contributed by atoms with Crippen molar-refractivity contribution in [1.29, 1.82) is 0 Å². The number of ether oxygens (including phenoxy) is 1. The highest BCUT2D eigenvalue weighted by atomic mass is 16.5. The molecule has 0 spiro atoms. The second-order valence-electron chi connectivity index (χ2n) is 3.58. The molecule has 2 aromatic rings. The predicted molar refractivity (Wildman–Crippen MR) is 59.7 cm³/mol. The standard InChI is InChI=1S/C11H13N3O/c1-7(2)15-10-9-8(4-3-5-13-9)6-14-11(10)12/h3-7H,1-2H3,(H2,12,14). The SMILES string of the molecule is CC(C)Oc1c(N)ncc2cccnc12. The van der Waals surface area contributed by atoms with E-state index in [1.54, 1.807) is 12.4 Å². The van der Waals surface area contributed by atoms with Crippen LogP contribution in [0.1, 0.15) is 13.8 Å². The van der Waals surface area contributed by atoms with Gasteiger partial charge in [-0.1, -0.05) is 0 Å². The number of fused-ring (bicyclic) bond motifs is 1. The third kappa shape index (κ3) is 1.83. The van der Waals surface area contributed by atoms with Crippen LogP contribution in [0.3, 0.4) is 0 Å². The lowest BCUT2D eigenvalue weighted by molar-refractivity contribution is 0.246. The van der Waals surface area contributed by atoms with Gasteiger partial charge in [-0.15, -0.1) is 0 Å². The van der Waals surface area contributed by atoms with Crippen molar-refractivity contribution in [3.8, 4) is 5.75 Å². The highest BCUT2D eigenvalue weighted by Gasteiger charge is 2.10. The van der Waals surface area contributed by atoms with E-state index >= 15 is 0 Å². The molecule has 2 aromatic heterocycles. The van der Waals surface area contributed by atoms with Gasteiger partial charge in [0.15, 0.2) is 11.6 Å². The van der Waals surface area contributed by atoms with Crippen molar-refractivity contribution in [1.82, 2.24) is 9.97 Å². The fourth-order valence-electron chi connectivity index (χ4n) is 1.38. The minimum Gasteiger partial charge on any atom is -0.485 e. The van der Waals surface area contributed by atoms with Crippen LogP contribution in [0, 0.1) is 0 Å². The van der Waals surface area contributed by atoms with Gasteiger partial charge in [-0.3, -0.25) is 4.98 Å². The predicted octanol–water partition coefficient (Wildman–Crippen LogP) is 2.00. The highest BCUT2D eigenvalue weighted by Crippen LogP contribution is 2.28. The Morgan fingerprint density at radius 3 is 2.87 bits per heavy atom. The van der Waals surface area contributed by atoms with Crippen molar-refractivity contribution in [3.63, 3.8) is 0 Å². The Morgan fingerprint density at radius 2 is 2.13 bits per heavy atom. The lowest BCUT2D eigenvalue weighted by atomic mass is 10.2. The Balaban J connectivity index is 2.63. The first-order valence-electron chi connectivity index (χ1n) is 4.84. The Morgan fingerprint density at radius 1 is 1.33 bits per heavy atom. The van der Waals surface area contributed by atoms with Gasteiger partial charge >= 0.3 is 0 Å². The van der Waals surface area contributed by atoms with Crippen LogP contribution in [0.2, 0.25) is 0 Å². The van der Waals surface area contributed by atoms with Crippen molar-refractivity contribution in [2.75, 3.05) is 5.73 Å². The largest absolute Gasteiger partial charge is 0.485 e. The van der Waals surface area contributed by atoms with E-state index in [1.807, 2.05) is 26.0 Å².